The molecule has 0 aliphatic rings. The first kappa shape index (κ1) is 18.7. The number of thiazole rings is 1. The molecule has 0 N–H and O–H groups in total. The van der Waals surface area contributed by atoms with Crippen molar-refractivity contribution < 1.29 is 4.79 Å². The fraction of sp³-hybridized carbons (Fsp3) is 0.238. The molecule has 0 saturated heterocycles. The predicted molar refractivity (Wildman–Crippen MR) is 112 cm³/mol. The molecule has 26 heavy (non-hydrogen) atoms. The third-order valence-corrected chi connectivity index (χ3v) is 6.01. The van der Waals surface area contributed by atoms with Gasteiger partial charge in [0.15, 0.2) is 4.80 Å². The second-order valence-electron chi connectivity index (χ2n) is 6.13. The molecule has 0 fully saturated rings. The number of thioether (sulfide) groups is 1. The Morgan fingerprint density at radius 3 is 2.77 bits per heavy atom. The molecule has 1 aromatic heterocycles. The van der Waals surface area contributed by atoms with Crippen LogP contribution in [0.15, 0.2) is 65.0 Å². The smallest absolute Gasteiger partial charge is 0.249 e. The molecule has 1 amide bonds. The minimum absolute atomic E-state index is 0.0767. The quantitative estimate of drug-likeness (QED) is 0.438. The van der Waals surface area contributed by atoms with E-state index in [9.17, 15) is 4.79 Å². The molecule has 0 atom stereocenters. The van der Waals surface area contributed by atoms with E-state index in [1.165, 1.54) is 16.0 Å². The van der Waals surface area contributed by atoms with Crippen LogP contribution in [0.3, 0.4) is 0 Å². The maximum Gasteiger partial charge on any atom is 0.249 e. The number of aromatic nitrogens is 1. The van der Waals surface area contributed by atoms with Crippen molar-refractivity contribution in [2.75, 3.05) is 5.75 Å². The Labute approximate surface area is 162 Å². The molecule has 0 unspecified atom stereocenters. The summed E-state index contributed by atoms with van der Waals surface area (Å²) in [6, 6.07) is 14.4. The van der Waals surface area contributed by atoms with Gasteiger partial charge in [0.2, 0.25) is 5.91 Å². The van der Waals surface area contributed by atoms with E-state index in [2.05, 4.69) is 54.3 Å². The van der Waals surface area contributed by atoms with E-state index in [4.69, 9.17) is 0 Å². The topological polar surface area (TPSA) is 34.4 Å². The first-order chi connectivity index (χ1) is 12.6. The van der Waals surface area contributed by atoms with E-state index in [0.29, 0.717) is 13.0 Å². The third kappa shape index (κ3) is 4.34. The number of nitrogens with zero attached hydrogens (tertiary/aromatic N) is 2. The number of carbonyl (C=O) groups excluding carboxylic acids is 1. The van der Waals surface area contributed by atoms with Crippen LogP contribution in [-0.4, -0.2) is 16.2 Å². The molecule has 3 rings (SSSR count). The van der Waals surface area contributed by atoms with E-state index in [-0.39, 0.29) is 5.91 Å². The number of benzene rings is 2. The minimum Gasteiger partial charge on any atom is -0.312 e. The number of hydrogen-bond donors (Lipinski definition) is 0. The normalized spacial score (nSPS) is 11.8. The third-order valence-electron chi connectivity index (χ3n) is 3.97. The SMILES string of the molecule is C=CCn1c(=NC(=O)CCSc2ccccc2)sc2cc(C)cc(C)c21. The van der Waals surface area contributed by atoms with Crippen LogP contribution in [0.5, 0.6) is 0 Å². The van der Waals surface area contributed by atoms with Gasteiger partial charge in [-0.2, -0.15) is 4.99 Å². The zero-order valence-corrected chi connectivity index (χ0v) is 16.7. The fourth-order valence-electron chi connectivity index (χ4n) is 2.91. The van der Waals surface area contributed by atoms with Crippen LogP contribution in [0, 0.1) is 13.8 Å². The summed E-state index contributed by atoms with van der Waals surface area (Å²) >= 11 is 3.25. The highest BCUT2D eigenvalue weighted by Crippen LogP contribution is 2.23. The van der Waals surface area contributed by atoms with Gasteiger partial charge < -0.3 is 4.57 Å². The number of fused-ring (bicyclic) bond motifs is 1. The second-order valence-corrected chi connectivity index (χ2v) is 8.31. The molecular formula is C21H22N2OS2. The van der Waals surface area contributed by atoms with Gasteiger partial charge in [0.05, 0.1) is 10.2 Å². The van der Waals surface area contributed by atoms with Crippen molar-refractivity contribution in [2.24, 2.45) is 4.99 Å². The highest BCUT2D eigenvalue weighted by molar-refractivity contribution is 7.99. The van der Waals surface area contributed by atoms with Gasteiger partial charge in [-0.15, -0.1) is 18.3 Å². The van der Waals surface area contributed by atoms with Crippen LogP contribution >= 0.6 is 23.1 Å². The van der Waals surface area contributed by atoms with Crippen molar-refractivity contribution >= 4 is 39.2 Å². The summed E-state index contributed by atoms with van der Waals surface area (Å²) in [5.74, 6) is 0.656. The van der Waals surface area contributed by atoms with Crippen molar-refractivity contribution in [3.05, 3.63) is 71.0 Å². The summed E-state index contributed by atoms with van der Waals surface area (Å²) in [7, 11) is 0. The Morgan fingerprint density at radius 1 is 1.27 bits per heavy atom. The maximum atomic E-state index is 12.4. The van der Waals surface area contributed by atoms with Crippen molar-refractivity contribution in [1.29, 1.82) is 0 Å². The van der Waals surface area contributed by atoms with Crippen LogP contribution in [0.4, 0.5) is 0 Å². The lowest BCUT2D eigenvalue weighted by Gasteiger charge is -2.05. The number of aryl methyl sites for hydroxylation is 2. The van der Waals surface area contributed by atoms with Crippen LogP contribution in [0.1, 0.15) is 17.5 Å². The van der Waals surface area contributed by atoms with Crippen molar-refractivity contribution in [3.8, 4) is 0 Å². The summed E-state index contributed by atoms with van der Waals surface area (Å²) in [5, 5.41) is 0. The lowest BCUT2D eigenvalue weighted by atomic mass is 10.1. The lowest BCUT2D eigenvalue weighted by molar-refractivity contribution is -0.117. The number of hydrogen-bond acceptors (Lipinski definition) is 3. The molecule has 3 nitrogen and oxygen atoms in total. The summed E-state index contributed by atoms with van der Waals surface area (Å²) in [5.41, 5.74) is 3.57. The summed E-state index contributed by atoms with van der Waals surface area (Å²) < 4.78 is 3.25. The fourth-order valence-corrected chi connectivity index (χ4v) is 5.01. The van der Waals surface area contributed by atoms with Crippen molar-refractivity contribution in [1.82, 2.24) is 4.57 Å². The standard InChI is InChI=1S/C21H22N2OS2/c1-4-11-23-20-16(3)13-15(2)14-18(20)26-21(23)22-19(24)10-12-25-17-8-6-5-7-9-17/h4-9,13-14H,1,10-12H2,2-3H3. The molecule has 0 aliphatic carbocycles. The van der Waals surface area contributed by atoms with E-state index in [1.807, 2.05) is 24.3 Å². The Morgan fingerprint density at radius 2 is 2.04 bits per heavy atom. The molecular weight excluding hydrogens is 360 g/mol. The number of carbonyl (C=O) groups is 1. The van der Waals surface area contributed by atoms with Crippen LogP contribution in [-0.2, 0) is 11.3 Å². The monoisotopic (exact) mass is 382 g/mol. The van der Waals surface area contributed by atoms with Gasteiger partial charge in [0, 0.05) is 23.6 Å². The lowest BCUT2D eigenvalue weighted by Crippen LogP contribution is -2.16. The molecule has 2 aromatic carbocycles. The molecule has 0 radical (unpaired) electrons. The molecule has 0 aliphatic heterocycles. The number of allylic oxidation sites excluding steroid dienone is 1. The largest absolute Gasteiger partial charge is 0.312 e. The molecule has 5 heteroatoms. The molecule has 0 bridgehead atoms. The van der Waals surface area contributed by atoms with Gasteiger partial charge in [0.25, 0.3) is 0 Å². The number of amides is 1. The Hall–Kier alpha value is -2.11. The number of rotatable bonds is 6. The summed E-state index contributed by atoms with van der Waals surface area (Å²) in [6.07, 6.45) is 2.28. The second kappa shape index (κ2) is 8.52. The van der Waals surface area contributed by atoms with Gasteiger partial charge >= 0.3 is 0 Å². The van der Waals surface area contributed by atoms with E-state index < -0.39 is 0 Å². The van der Waals surface area contributed by atoms with Crippen molar-refractivity contribution in [3.63, 3.8) is 0 Å². The average Bonchev–Trinajstić information content (AvgIpc) is 2.93. The zero-order valence-electron chi connectivity index (χ0n) is 15.1. The first-order valence-electron chi connectivity index (χ1n) is 8.55. The minimum atomic E-state index is -0.0767. The van der Waals surface area contributed by atoms with Gasteiger partial charge in [0.1, 0.15) is 0 Å². The molecule has 3 aromatic rings. The van der Waals surface area contributed by atoms with E-state index in [1.54, 1.807) is 23.1 Å². The summed E-state index contributed by atoms with van der Waals surface area (Å²) in [4.78, 5) is 18.7. The molecule has 134 valence electrons. The van der Waals surface area contributed by atoms with Crippen LogP contribution in [0.2, 0.25) is 0 Å². The zero-order chi connectivity index (χ0) is 18.5. The average molecular weight is 383 g/mol. The Kier molecular flexibility index (Phi) is 6.12. The van der Waals surface area contributed by atoms with Gasteiger partial charge in [-0.05, 0) is 43.2 Å². The van der Waals surface area contributed by atoms with Crippen molar-refractivity contribution in [2.45, 2.75) is 31.7 Å². The van der Waals surface area contributed by atoms with E-state index in [0.717, 1.165) is 20.8 Å². The Bertz CT molecular complexity index is 1000. The maximum absolute atomic E-state index is 12.4. The van der Waals surface area contributed by atoms with Gasteiger partial charge in [-0.3, -0.25) is 4.79 Å². The Balaban J connectivity index is 1.83. The van der Waals surface area contributed by atoms with Crippen LogP contribution < -0.4 is 4.80 Å². The molecule has 0 saturated carbocycles. The highest BCUT2D eigenvalue weighted by Gasteiger charge is 2.10. The highest BCUT2D eigenvalue weighted by atomic mass is 32.2. The predicted octanol–water partition coefficient (Wildman–Crippen LogP) is 5.12. The van der Waals surface area contributed by atoms with Gasteiger partial charge in [-0.25, -0.2) is 0 Å². The van der Waals surface area contributed by atoms with Gasteiger partial charge in [-0.1, -0.05) is 41.7 Å². The summed E-state index contributed by atoms with van der Waals surface area (Å²) in [6.45, 7) is 8.69. The molecule has 0 spiro atoms. The first-order valence-corrected chi connectivity index (χ1v) is 10.4. The molecule has 1 heterocycles. The van der Waals surface area contributed by atoms with E-state index >= 15 is 0 Å². The van der Waals surface area contributed by atoms with Crippen LogP contribution in [0.25, 0.3) is 10.2 Å².